The number of β-amino-alcohol motifs (C(OH)–C–C–N with tert-alkyl or cyclic N) is 1. The number of rotatable bonds is 6. The molecule has 2 unspecified atom stereocenters. The smallest absolute Gasteiger partial charge is 0.325 e. The van der Waals surface area contributed by atoms with Crippen LogP contribution in [0.25, 0.3) is 27.5 Å². The molecule has 3 heterocycles. The number of nitrogens with zero attached hydrogens (tertiary/aromatic N) is 6. The second-order valence-corrected chi connectivity index (χ2v) is 9.07. The minimum absolute atomic E-state index is 0.131. The summed E-state index contributed by atoms with van der Waals surface area (Å²) in [7, 11) is 0. The Kier molecular flexibility index (Phi) is 5.04. The summed E-state index contributed by atoms with van der Waals surface area (Å²) in [6.07, 6.45) is 0.488. The molecule has 0 bridgehead atoms. The number of aliphatic hydroxyl groups excluding tert-OH is 1. The Morgan fingerprint density at radius 3 is 2.31 bits per heavy atom. The van der Waals surface area contributed by atoms with Crippen LogP contribution in [0.15, 0.2) is 79.1 Å². The van der Waals surface area contributed by atoms with E-state index in [0.29, 0.717) is 11.3 Å². The van der Waals surface area contributed by atoms with Crippen molar-refractivity contribution in [3.63, 3.8) is 0 Å². The van der Waals surface area contributed by atoms with Crippen LogP contribution in [-0.4, -0.2) is 59.4 Å². The lowest BCUT2D eigenvalue weighted by Gasteiger charge is -2.24. The van der Waals surface area contributed by atoms with E-state index in [-0.39, 0.29) is 13.1 Å². The van der Waals surface area contributed by atoms with E-state index in [1.807, 2.05) is 53.1 Å². The molecule has 0 aliphatic carbocycles. The molecule has 0 saturated carbocycles. The summed E-state index contributed by atoms with van der Waals surface area (Å²) < 4.78 is 3.50. The van der Waals surface area contributed by atoms with Crippen molar-refractivity contribution in [2.24, 2.45) is 0 Å². The van der Waals surface area contributed by atoms with E-state index in [2.05, 4.69) is 20.8 Å². The summed E-state index contributed by atoms with van der Waals surface area (Å²) in [4.78, 5) is 27.5. The molecule has 1 saturated heterocycles. The molecule has 2 N–H and O–H groups in total. The van der Waals surface area contributed by atoms with Gasteiger partial charge in [0.2, 0.25) is 0 Å². The van der Waals surface area contributed by atoms with Crippen molar-refractivity contribution in [1.29, 1.82) is 0 Å². The number of benzene rings is 3. The average molecular weight is 482 g/mol. The second-order valence-electron chi connectivity index (χ2n) is 9.07. The van der Waals surface area contributed by atoms with Crippen LogP contribution in [0.3, 0.4) is 0 Å². The number of aliphatic hydroxyl groups is 1. The topological polar surface area (TPSA) is 118 Å². The molecule has 10 heteroatoms. The number of hydrogen-bond donors (Lipinski definition) is 2. The van der Waals surface area contributed by atoms with E-state index in [1.165, 1.54) is 11.0 Å². The third-order valence-corrected chi connectivity index (χ3v) is 6.78. The Hall–Kier alpha value is -4.57. The number of nitrogens with one attached hydrogen (secondary N) is 1. The molecule has 0 spiro atoms. The molecule has 6 rings (SSSR count). The van der Waals surface area contributed by atoms with Crippen molar-refractivity contribution >= 4 is 33.7 Å². The number of para-hydroxylation sites is 2. The van der Waals surface area contributed by atoms with Crippen LogP contribution in [0.4, 0.5) is 4.79 Å². The molecule has 36 heavy (non-hydrogen) atoms. The minimum atomic E-state index is -1.28. The standard InChI is InChI=1S/C26H23N7O3/c1-26(17-7-6-8-18(13-17)33-16-27-29-30-33)24(35)32(25(36)28-26)15-19(34)14-31-22-11-4-2-9-20(22)21-10-3-5-12-23(21)31/h2-13,16,19,34H,14-15H2,1H3,(H,28,36). The SMILES string of the molecule is CC1(c2cccc(-n3cnnn3)c2)NC(=O)N(CC(O)Cn2c3ccccc3c3ccccc32)C1=O. The van der Waals surface area contributed by atoms with Gasteiger partial charge in [-0.15, -0.1) is 5.10 Å². The highest BCUT2D eigenvalue weighted by molar-refractivity contribution is 6.08. The Balaban J connectivity index is 1.26. The predicted octanol–water partition coefficient (Wildman–Crippen LogP) is 2.60. The number of tetrazole rings is 1. The van der Waals surface area contributed by atoms with Crippen molar-refractivity contribution < 1.29 is 14.7 Å². The Labute approximate surface area is 205 Å². The Morgan fingerprint density at radius 2 is 1.64 bits per heavy atom. The Bertz CT molecular complexity index is 1560. The quantitative estimate of drug-likeness (QED) is 0.360. The van der Waals surface area contributed by atoms with E-state index < -0.39 is 23.6 Å². The fraction of sp³-hybridized carbons (Fsp3) is 0.192. The van der Waals surface area contributed by atoms with Gasteiger partial charge in [0.15, 0.2) is 0 Å². The van der Waals surface area contributed by atoms with Crippen LogP contribution in [0.5, 0.6) is 0 Å². The van der Waals surface area contributed by atoms with Gasteiger partial charge in [0.1, 0.15) is 11.9 Å². The molecule has 5 aromatic rings. The average Bonchev–Trinajstić information content (AvgIpc) is 3.59. The van der Waals surface area contributed by atoms with Gasteiger partial charge in [0.05, 0.1) is 24.9 Å². The highest BCUT2D eigenvalue weighted by Crippen LogP contribution is 2.31. The molecule has 2 aromatic heterocycles. The molecule has 1 aliphatic rings. The first-order chi connectivity index (χ1) is 17.5. The zero-order valence-corrected chi connectivity index (χ0v) is 19.4. The first-order valence-corrected chi connectivity index (χ1v) is 11.6. The summed E-state index contributed by atoms with van der Waals surface area (Å²) in [5.74, 6) is -0.428. The third-order valence-electron chi connectivity index (χ3n) is 6.78. The lowest BCUT2D eigenvalue weighted by atomic mass is 9.91. The summed E-state index contributed by atoms with van der Waals surface area (Å²) in [5.41, 5.74) is 1.94. The van der Waals surface area contributed by atoms with Crippen molar-refractivity contribution in [2.75, 3.05) is 6.54 Å². The number of imide groups is 1. The monoisotopic (exact) mass is 481 g/mol. The lowest BCUT2D eigenvalue weighted by molar-refractivity contribution is -0.132. The maximum absolute atomic E-state index is 13.5. The van der Waals surface area contributed by atoms with Gasteiger partial charge in [-0.1, -0.05) is 48.5 Å². The van der Waals surface area contributed by atoms with E-state index >= 15 is 0 Å². The van der Waals surface area contributed by atoms with Crippen LogP contribution >= 0.6 is 0 Å². The van der Waals surface area contributed by atoms with Gasteiger partial charge < -0.3 is 15.0 Å². The maximum atomic E-state index is 13.5. The van der Waals surface area contributed by atoms with Gasteiger partial charge in [-0.25, -0.2) is 9.48 Å². The Morgan fingerprint density at radius 1 is 0.944 bits per heavy atom. The van der Waals surface area contributed by atoms with E-state index in [4.69, 9.17) is 0 Å². The van der Waals surface area contributed by atoms with E-state index in [9.17, 15) is 14.7 Å². The van der Waals surface area contributed by atoms with Crippen LogP contribution in [0, 0.1) is 0 Å². The minimum Gasteiger partial charge on any atom is -0.389 e. The molecule has 3 amide bonds. The zero-order chi connectivity index (χ0) is 24.9. The molecule has 1 aliphatic heterocycles. The number of carbonyl (C=O) groups is 2. The zero-order valence-electron chi connectivity index (χ0n) is 19.4. The first-order valence-electron chi connectivity index (χ1n) is 11.6. The normalized spacial score (nSPS) is 18.8. The molecule has 1 fully saturated rings. The fourth-order valence-electron chi connectivity index (χ4n) is 4.98. The molecular weight excluding hydrogens is 458 g/mol. The molecule has 2 atom stereocenters. The highest BCUT2D eigenvalue weighted by Gasteiger charge is 2.49. The molecule has 180 valence electrons. The largest absolute Gasteiger partial charge is 0.389 e. The molecule has 0 radical (unpaired) electrons. The number of aromatic nitrogens is 5. The van der Waals surface area contributed by atoms with Crippen LogP contribution in [-0.2, 0) is 16.9 Å². The van der Waals surface area contributed by atoms with E-state index in [0.717, 1.165) is 26.7 Å². The van der Waals surface area contributed by atoms with Crippen molar-refractivity contribution in [2.45, 2.75) is 25.1 Å². The predicted molar refractivity (Wildman–Crippen MR) is 132 cm³/mol. The van der Waals surface area contributed by atoms with Gasteiger partial charge in [-0.3, -0.25) is 9.69 Å². The van der Waals surface area contributed by atoms with Crippen molar-refractivity contribution in [1.82, 2.24) is 35.0 Å². The van der Waals surface area contributed by atoms with Gasteiger partial charge >= 0.3 is 6.03 Å². The van der Waals surface area contributed by atoms with Crippen molar-refractivity contribution in [3.8, 4) is 5.69 Å². The molecule has 3 aromatic carbocycles. The third kappa shape index (κ3) is 3.42. The molecule has 10 nitrogen and oxygen atoms in total. The summed E-state index contributed by atoms with van der Waals surface area (Å²) in [5, 5.41) is 27.2. The fourth-order valence-corrected chi connectivity index (χ4v) is 4.98. The second kappa shape index (κ2) is 8.28. The van der Waals surface area contributed by atoms with Crippen molar-refractivity contribution in [3.05, 3.63) is 84.7 Å². The van der Waals surface area contributed by atoms with Gasteiger partial charge in [-0.05, 0) is 47.2 Å². The van der Waals surface area contributed by atoms with Crippen LogP contribution < -0.4 is 5.32 Å². The molecular formula is C26H23N7O3. The van der Waals surface area contributed by atoms with Gasteiger partial charge in [0, 0.05) is 21.8 Å². The van der Waals surface area contributed by atoms with Crippen LogP contribution in [0.2, 0.25) is 0 Å². The van der Waals surface area contributed by atoms with Gasteiger partial charge in [0.25, 0.3) is 5.91 Å². The number of urea groups is 1. The summed E-state index contributed by atoms with van der Waals surface area (Å²) in [6.45, 7) is 1.76. The van der Waals surface area contributed by atoms with E-state index in [1.54, 1.807) is 31.2 Å². The number of amides is 3. The lowest BCUT2D eigenvalue weighted by Crippen LogP contribution is -2.42. The number of carbonyl (C=O) groups excluding carboxylic acids is 2. The first kappa shape index (κ1) is 21.9. The number of hydrogen-bond acceptors (Lipinski definition) is 6. The number of fused-ring (bicyclic) bond motifs is 3. The summed E-state index contributed by atoms with van der Waals surface area (Å²) >= 11 is 0. The maximum Gasteiger partial charge on any atom is 0.325 e. The van der Waals surface area contributed by atoms with Gasteiger partial charge in [-0.2, -0.15) is 0 Å². The van der Waals surface area contributed by atoms with Crippen LogP contribution in [0.1, 0.15) is 12.5 Å². The highest BCUT2D eigenvalue weighted by atomic mass is 16.3. The summed E-state index contributed by atoms with van der Waals surface area (Å²) in [6, 6.07) is 22.5.